The second-order valence-corrected chi connectivity index (χ2v) is 2.47. The monoisotopic (exact) mass is 186 g/mol. The molecule has 66 valence electrons. The molecule has 0 saturated carbocycles. The first-order chi connectivity index (χ1) is 4.33. The number of carboxylic acid groups (broad SMARTS) is 1. The van der Waals surface area contributed by atoms with Gasteiger partial charge in [-0.05, 0) is 6.58 Å². The maximum atomic E-state index is 9.89. The fourth-order valence-corrected chi connectivity index (χ4v) is 0.548. The summed E-state index contributed by atoms with van der Waals surface area (Å²) in [5.74, 6) is -2.59. The first-order valence-corrected chi connectivity index (χ1v) is 3.53. The Hall–Kier alpha value is -0.880. The average Bonchev–Trinajstić information content (AvgIpc) is 1.60. The standard InChI is InChI=1S/C3H5O6P.H2O/c1-2(3(4)5)9-10(6,7)8;/h1H2,(H,4,5)(H2,6,7,8);1H2. The van der Waals surface area contributed by atoms with Gasteiger partial charge in [-0.25, -0.2) is 9.36 Å². The van der Waals surface area contributed by atoms with Crippen LogP contribution in [0.1, 0.15) is 0 Å². The van der Waals surface area contributed by atoms with Gasteiger partial charge >= 0.3 is 13.8 Å². The van der Waals surface area contributed by atoms with Crippen molar-refractivity contribution >= 4 is 13.8 Å². The Bertz CT molecular complexity index is 202. The van der Waals surface area contributed by atoms with Crippen molar-refractivity contribution in [3.63, 3.8) is 0 Å². The first kappa shape index (κ1) is 12.8. The number of phosphoric ester groups is 1. The van der Waals surface area contributed by atoms with E-state index in [1.165, 1.54) is 0 Å². The molecule has 0 bridgehead atoms. The van der Waals surface area contributed by atoms with E-state index in [0.29, 0.717) is 0 Å². The van der Waals surface area contributed by atoms with Crippen LogP contribution in [0.5, 0.6) is 0 Å². The van der Waals surface area contributed by atoms with Crippen molar-refractivity contribution < 1.29 is 34.3 Å². The van der Waals surface area contributed by atoms with Gasteiger partial charge in [0.25, 0.3) is 0 Å². The molecule has 0 spiro atoms. The van der Waals surface area contributed by atoms with Crippen LogP contribution in [0.2, 0.25) is 0 Å². The van der Waals surface area contributed by atoms with Gasteiger partial charge in [-0.1, -0.05) is 0 Å². The second-order valence-electron chi connectivity index (χ2n) is 1.31. The maximum Gasteiger partial charge on any atom is 0.525 e. The van der Waals surface area contributed by atoms with Crippen LogP contribution >= 0.6 is 7.82 Å². The van der Waals surface area contributed by atoms with Crippen LogP contribution < -0.4 is 0 Å². The first-order valence-electron chi connectivity index (χ1n) is 2.00. The summed E-state index contributed by atoms with van der Waals surface area (Å²) in [5, 5.41) is 7.98. The van der Waals surface area contributed by atoms with Gasteiger partial charge in [-0.2, -0.15) is 0 Å². The summed E-state index contributed by atoms with van der Waals surface area (Å²) in [6, 6.07) is 0. The van der Waals surface area contributed by atoms with Gasteiger partial charge in [-0.3, -0.25) is 9.79 Å². The Morgan fingerprint density at radius 1 is 1.45 bits per heavy atom. The fraction of sp³-hybridized carbons (Fsp3) is 0. The quantitative estimate of drug-likeness (QED) is 0.290. The molecular formula is C3H7O7P. The summed E-state index contributed by atoms with van der Waals surface area (Å²) >= 11 is 0. The smallest absolute Gasteiger partial charge is 0.475 e. The number of carbonyl (C=O) groups is 1. The van der Waals surface area contributed by atoms with Crippen molar-refractivity contribution in [3.8, 4) is 0 Å². The van der Waals surface area contributed by atoms with E-state index in [4.69, 9.17) is 14.9 Å². The molecule has 0 aromatic rings. The van der Waals surface area contributed by atoms with Gasteiger partial charge in [0.2, 0.25) is 5.76 Å². The fourth-order valence-electron chi connectivity index (χ4n) is 0.183. The molecule has 0 aromatic heterocycles. The highest BCUT2D eigenvalue weighted by Crippen LogP contribution is 2.38. The highest BCUT2D eigenvalue weighted by atomic mass is 31.2. The molecule has 0 rings (SSSR count). The van der Waals surface area contributed by atoms with E-state index in [1.807, 2.05) is 0 Å². The van der Waals surface area contributed by atoms with Crippen molar-refractivity contribution in [3.05, 3.63) is 12.3 Å². The lowest BCUT2D eigenvalue weighted by Gasteiger charge is -2.03. The highest BCUT2D eigenvalue weighted by Gasteiger charge is 2.19. The minimum atomic E-state index is -4.76. The third-order valence-corrected chi connectivity index (χ3v) is 0.926. The molecule has 0 fully saturated rings. The van der Waals surface area contributed by atoms with Crippen molar-refractivity contribution in [1.29, 1.82) is 0 Å². The number of hydrogen-bond donors (Lipinski definition) is 3. The molecule has 0 aromatic carbocycles. The molecule has 11 heavy (non-hydrogen) atoms. The van der Waals surface area contributed by atoms with Gasteiger partial charge in [0, 0.05) is 0 Å². The Balaban J connectivity index is 0. The molecule has 0 aliphatic heterocycles. The molecule has 0 heterocycles. The molecule has 0 amide bonds. The van der Waals surface area contributed by atoms with Gasteiger partial charge in [0.1, 0.15) is 0 Å². The molecule has 0 aliphatic rings. The summed E-state index contributed by atoms with van der Waals surface area (Å²) < 4.78 is 13.5. The minimum Gasteiger partial charge on any atom is -0.475 e. The summed E-state index contributed by atoms with van der Waals surface area (Å²) in [6.07, 6.45) is 0. The van der Waals surface area contributed by atoms with Gasteiger partial charge in [0.05, 0.1) is 0 Å². The van der Waals surface area contributed by atoms with Gasteiger partial charge < -0.3 is 15.1 Å². The van der Waals surface area contributed by atoms with Crippen LogP contribution in [0, 0.1) is 0 Å². The number of aliphatic carboxylic acids is 1. The second kappa shape index (κ2) is 4.09. The van der Waals surface area contributed by atoms with Crippen LogP contribution in [0.4, 0.5) is 0 Å². The predicted octanol–water partition coefficient (Wildman–Crippen LogP) is -1.13. The molecular weight excluding hydrogens is 179 g/mol. The Kier molecular flexibility index (Phi) is 4.75. The zero-order chi connectivity index (χ0) is 8.36. The van der Waals surface area contributed by atoms with Crippen LogP contribution in [0.15, 0.2) is 12.3 Å². The van der Waals surface area contributed by atoms with Crippen LogP contribution in [-0.4, -0.2) is 26.3 Å². The van der Waals surface area contributed by atoms with E-state index in [0.717, 1.165) is 0 Å². The van der Waals surface area contributed by atoms with Crippen molar-refractivity contribution in [2.45, 2.75) is 0 Å². The Morgan fingerprint density at radius 2 is 1.82 bits per heavy atom. The Labute approximate surface area is 61.5 Å². The third-order valence-electron chi connectivity index (χ3n) is 0.468. The minimum absolute atomic E-state index is 0. The molecule has 0 atom stereocenters. The van der Waals surface area contributed by atoms with E-state index in [2.05, 4.69) is 11.1 Å². The summed E-state index contributed by atoms with van der Waals surface area (Å²) in [4.78, 5) is 25.8. The lowest BCUT2D eigenvalue weighted by atomic mass is 10.6. The molecule has 0 radical (unpaired) electrons. The summed E-state index contributed by atoms with van der Waals surface area (Å²) in [6.45, 7) is 2.73. The van der Waals surface area contributed by atoms with Gasteiger partial charge in [-0.15, -0.1) is 0 Å². The number of hydrogen-bond acceptors (Lipinski definition) is 3. The normalized spacial score (nSPS) is 9.64. The highest BCUT2D eigenvalue weighted by molar-refractivity contribution is 7.46. The van der Waals surface area contributed by atoms with Crippen LogP contribution in [0.25, 0.3) is 0 Å². The zero-order valence-electron chi connectivity index (χ0n) is 5.22. The van der Waals surface area contributed by atoms with Gasteiger partial charge in [0.15, 0.2) is 0 Å². The molecule has 0 unspecified atom stereocenters. The zero-order valence-corrected chi connectivity index (χ0v) is 6.12. The molecule has 0 saturated heterocycles. The average molecular weight is 186 g/mol. The van der Waals surface area contributed by atoms with Crippen LogP contribution in [0.3, 0.4) is 0 Å². The SMILES string of the molecule is C=C(OP(=O)(O)O)C(=O)O.O. The molecule has 0 aliphatic carbocycles. The van der Waals surface area contributed by atoms with Crippen molar-refractivity contribution in [1.82, 2.24) is 0 Å². The maximum absolute atomic E-state index is 9.89. The third kappa shape index (κ3) is 7.01. The Morgan fingerprint density at radius 3 is 1.91 bits per heavy atom. The predicted molar refractivity (Wildman–Crippen MR) is 33.5 cm³/mol. The molecule has 7 nitrogen and oxygen atoms in total. The molecule has 5 N–H and O–H groups in total. The van der Waals surface area contributed by atoms with E-state index in [-0.39, 0.29) is 5.48 Å². The van der Waals surface area contributed by atoms with Crippen molar-refractivity contribution in [2.24, 2.45) is 0 Å². The van der Waals surface area contributed by atoms with E-state index in [1.54, 1.807) is 0 Å². The summed E-state index contributed by atoms with van der Waals surface area (Å²) in [7, 11) is -4.76. The lowest BCUT2D eigenvalue weighted by molar-refractivity contribution is -0.135. The number of phosphoric acid groups is 1. The molecule has 8 heteroatoms. The topological polar surface area (TPSA) is 136 Å². The number of carboxylic acids is 1. The largest absolute Gasteiger partial charge is 0.525 e. The summed E-state index contributed by atoms with van der Waals surface area (Å²) in [5.41, 5.74) is 0. The lowest BCUT2D eigenvalue weighted by Crippen LogP contribution is -2.01. The van der Waals surface area contributed by atoms with E-state index >= 15 is 0 Å². The number of rotatable bonds is 3. The van der Waals surface area contributed by atoms with Crippen molar-refractivity contribution in [2.75, 3.05) is 0 Å². The van der Waals surface area contributed by atoms with E-state index < -0.39 is 19.6 Å². The van der Waals surface area contributed by atoms with E-state index in [9.17, 15) is 9.36 Å². The van der Waals surface area contributed by atoms with Crippen LogP contribution in [-0.2, 0) is 13.9 Å².